The SMILES string of the molecule is N#CC1COCCN1S(=O)(=O)c1cccs1. The number of nitriles is 1. The molecule has 86 valence electrons. The summed E-state index contributed by atoms with van der Waals surface area (Å²) in [5.41, 5.74) is 0. The van der Waals surface area contributed by atoms with Gasteiger partial charge >= 0.3 is 0 Å². The van der Waals surface area contributed by atoms with Crippen LogP contribution in [0.1, 0.15) is 0 Å². The molecule has 1 aliphatic heterocycles. The summed E-state index contributed by atoms with van der Waals surface area (Å²) in [4.78, 5) is 0. The van der Waals surface area contributed by atoms with E-state index < -0.39 is 16.1 Å². The lowest BCUT2D eigenvalue weighted by molar-refractivity contribution is 0.0512. The fourth-order valence-electron chi connectivity index (χ4n) is 1.50. The van der Waals surface area contributed by atoms with Crippen LogP contribution in [0.5, 0.6) is 0 Å². The lowest BCUT2D eigenvalue weighted by Gasteiger charge is -2.29. The lowest BCUT2D eigenvalue weighted by atomic mass is 10.3. The fraction of sp³-hybridized carbons (Fsp3) is 0.444. The number of morpholine rings is 1. The number of thiophene rings is 1. The van der Waals surface area contributed by atoms with Gasteiger partial charge < -0.3 is 4.74 Å². The van der Waals surface area contributed by atoms with Crippen molar-refractivity contribution in [3.8, 4) is 6.07 Å². The number of rotatable bonds is 2. The summed E-state index contributed by atoms with van der Waals surface area (Å²) in [5.74, 6) is 0. The second-order valence-corrected chi connectivity index (χ2v) is 6.33. The molecule has 0 saturated carbocycles. The number of hydrogen-bond donors (Lipinski definition) is 0. The summed E-state index contributed by atoms with van der Waals surface area (Å²) in [6, 6.07) is 4.45. The van der Waals surface area contributed by atoms with Crippen LogP contribution in [0.25, 0.3) is 0 Å². The molecule has 2 heterocycles. The summed E-state index contributed by atoms with van der Waals surface area (Å²) in [7, 11) is -3.53. The molecule has 16 heavy (non-hydrogen) atoms. The van der Waals surface area contributed by atoms with Gasteiger partial charge in [-0.1, -0.05) is 6.07 Å². The van der Waals surface area contributed by atoms with Crippen LogP contribution in [0.3, 0.4) is 0 Å². The van der Waals surface area contributed by atoms with E-state index in [1.54, 1.807) is 17.5 Å². The van der Waals surface area contributed by atoms with Crippen molar-refractivity contribution >= 4 is 21.4 Å². The number of hydrogen-bond acceptors (Lipinski definition) is 5. The third-order valence-corrected chi connectivity index (χ3v) is 5.57. The first kappa shape index (κ1) is 11.5. The van der Waals surface area contributed by atoms with Gasteiger partial charge in [-0.05, 0) is 11.4 Å². The molecule has 0 bridgehead atoms. The zero-order valence-corrected chi connectivity index (χ0v) is 10.00. The quantitative estimate of drug-likeness (QED) is 0.781. The number of nitrogens with zero attached hydrogens (tertiary/aromatic N) is 2. The molecule has 1 unspecified atom stereocenters. The van der Waals surface area contributed by atoms with Gasteiger partial charge in [-0.15, -0.1) is 11.3 Å². The van der Waals surface area contributed by atoms with E-state index in [-0.39, 0.29) is 17.4 Å². The van der Waals surface area contributed by atoms with Gasteiger partial charge in [0.05, 0.1) is 19.3 Å². The number of sulfonamides is 1. The Balaban J connectivity index is 2.33. The molecule has 2 rings (SSSR count). The average molecular weight is 258 g/mol. The van der Waals surface area contributed by atoms with Crippen LogP contribution in [0.2, 0.25) is 0 Å². The minimum Gasteiger partial charge on any atom is -0.377 e. The maximum atomic E-state index is 12.1. The van der Waals surface area contributed by atoms with Crippen molar-refractivity contribution in [2.24, 2.45) is 0 Å². The van der Waals surface area contributed by atoms with E-state index in [0.29, 0.717) is 6.61 Å². The molecule has 1 aliphatic rings. The molecular formula is C9H10N2O3S2. The molecule has 0 aromatic carbocycles. The highest BCUT2D eigenvalue weighted by Gasteiger charge is 2.34. The molecule has 1 saturated heterocycles. The van der Waals surface area contributed by atoms with E-state index in [1.807, 2.05) is 6.07 Å². The summed E-state index contributed by atoms with van der Waals surface area (Å²) in [5, 5.41) is 10.6. The highest BCUT2D eigenvalue weighted by molar-refractivity contribution is 7.91. The van der Waals surface area contributed by atoms with Gasteiger partial charge in [-0.2, -0.15) is 9.57 Å². The second kappa shape index (κ2) is 4.51. The third kappa shape index (κ3) is 1.97. The van der Waals surface area contributed by atoms with E-state index in [2.05, 4.69) is 0 Å². The molecule has 0 aliphatic carbocycles. The Morgan fingerprint density at radius 3 is 3.06 bits per heavy atom. The van der Waals surface area contributed by atoms with Crippen molar-refractivity contribution in [2.75, 3.05) is 19.8 Å². The predicted octanol–water partition coefficient (Wildman–Crippen LogP) is 0.661. The van der Waals surface area contributed by atoms with Crippen LogP contribution in [0.15, 0.2) is 21.7 Å². The van der Waals surface area contributed by atoms with E-state index in [0.717, 1.165) is 11.3 Å². The molecule has 1 aromatic heterocycles. The Labute approximate surface area is 97.9 Å². The van der Waals surface area contributed by atoms with Gasteiger partial charge in [0, 0.05) is 6.54 Å². The normalized spacial score (nSPS) is 22.8. The van der Waals surface area contributed by atoms with Gasteiger partial charge in [0.15, 0.2) is 0 Å². The smallest absolute Gasteiger partial charge is 0.253 e. The van der Waals surface area contributed by atoms with Gasteiger partial charge in [0.2, 0.25) is 0 Å². The summed E-state index contributed by atoms with van der Waals surface area (Å²) in [6.07, 6.45) is 0. The van der Waals surface area contributed by atoms with Gasteiger partial charge in [-0.25, -0.2) is 8.42 Å². The summed E-state index contributed by atoms with van der Waals surface area (Å²) in [6.45, 7) is 0.711. The molecule has 0 radical (unpaired) electrons. The van der Waals surface area contributed by atoms with Crippen molar-refractivity contribution in [2.45, 2.75) is 10.3 Å². The molecule has 0 spiro atoms. The number of ether oxygens (including phenoxy) is 1. The van der Waals surface area contributed by atoms with Crippen LogP contribution in [-0.2, 0) is 14.8 Å². The fourth-order valence-corrected chi connectivity index (χ4v) is 4.13. The first-order valence-electron chi connectivity index (χ1n) is 4.69. The molecule has 5 nitrogen and oxygen atoms in total. The maximum Gasteiger partial charge on any atom is 0.253 e. The molecule has 1 aromatic rings. The Kier molecular flexibility index (Phi) is 3.25. The average Bonchev–Trinajstić information content (AvgIpc) is 2.83. The van der Waals surface area contributed by atoms with Crippen molar-refractivity contribution in [3.05, 3.63) is 17.5 Å². The summed E-state index contributed by atoms with van der Waals surface area (Å²) < 4.78 is 30.9. The van der Waals surface area contributed by atoms with Crippen LogP contribution >= 0.6 is 11.3 Å². The molecular weight excluding hydrogens is 248 g/mol. The van der Waals surface area contributed by atoms with E-state index in [4.69, 9.17) is 10.00 Å². The first-order chi connectivity index (χ1) is 7.66. The van der Waals surface area contributed by atoms with Crippen molar-refractivity contribution in [1.82, 2.24) is 4.31 Å². The Hall–Kier alpha value is -0.940. The van der Waals surface area contributed by atoms with Crippen LogP contribution in [0.4, 0.5) is 0 Å². The van der Waals surface area contributed by atoms with Crippen LogP contribution in [0, 0.1) is 11.3 Å². The Morgan fingerprint density at radius 1 is 1.62 bits per heavy atom. The minimum atomic E-state index is -3.53. The molecule has 0 amide bonds. The van der Waals surface area contributed by atoms with Crippen LogP contribution < -0.4 is 0 Å². The first-order valence-corrected chi connectivity index (χ1v) is 7.01. The second-order valence-electron chi connectivity index (χ2n) is 3.27. The van der Waals surface area contributed by atoms with Crippen molar-refractivity contribution in [3.63, 3.8) is 0 Å². The topological polar surface area (TPSA) is 70.4 Å². The highest BCUT2D eigenvalue weighted by atomic mass is 32.2. The van der Waals surface area contributed by atoms with Crippen molar-refractivity contribution < 1.29 is 13.2 Å². The third-order valence-electron chi connectivity index (χ3n) is 2.29. The summed E-state index contributed by atoms with van der Waals surface area (Å²) >= 11 is 1.16. The maximum absolute atomic E-state index is 12.1. The molecule has 1 fully saturated rings. The minimum absolute atomic E-state index is 0.140. The van der Waals surface area contributed by atoms with Gasteiger partial charge in [0.1, 0.15) is 10.3 Å². The van der Waals surface area contributed by atoms with Gasteiger partial charge in [0.25, 0.3) is 10.0 Å². The largest absolute Gasteiger partial charge is 0.377 e. The highest BCUT2D eigenvalue weighted by Crippen LogP contribution is 2.23. The molecule has 0 N–H and O–H groups in total. The monoisotopic (exact) mass is 258 g/mol. The van der Waals surface area contributed by atoms with E-state index in [9.17, 15) is 8.42 Å². The molecule has 7 heteroatoms. The predicted molar refractivity (Wildman–Crippen MR) is 58.4 cm³/mol. The van der Waals surface area contributed by atoms with E-state index in [1.165, 1.54) is 4.31 Å². The molecule has 1 atom stereocenters. The van der Waals surface area contributed by atoms with Gasteiger partial charge in [-0.3, -0.25) is 0 Å². The lowest BCUT2D eigenvalue weighted by Crippen LogP contribution is -2.47. The Morgan fingerprint density at radius 2 is 2.44 bits per heavy atom. The standard InChI is InChI=1S/C9H10N2O3S2/c10-6-8-7-14-4-3-11(8)16(12,13)9-2-1-5-15-9/h1-2,5,8H,3-4,7H2. The zero-order chi connectivity index (χ0) is 11.6. The Bertz CT molecular complexity index is 489. The van der Waals surface area contributed by atoms with E-state index >= 15 is 0 Å². The van der Waals surface area contributed by atoms with Crippen LogP contribution in [-0.4, -0.2) is 38.5 Å². The van der Waals surface area contributed by atoms with Crippen molar-refractivity contribution in [1.29, 1.82) is 5.26 Å². The zero-order valence-electron chi connectivity index (χ0n) is 8.37.